The van der Waals surface area contributed by atoms with Crippen LogP contribution in [0.2, 0.25) is 0 Å². The first kappa shape index (κ1) is 340. The minimum absolute atomic E-state index is 0. The fraction of sp³-hybridized carbons (Fsp3) is 0. The molecule has 0 fully saturated rings. The van der Waals surface area contributed by atoms with Crippen LogP contribution in [0.3, 0.4) is 0 Å². The molecule has 0 radical (unpaired) electrons. The summed E-state index contributed by atoms with van der Waals surface area (Å²) >= 11 is 0. The fourth-order valence-electron chi connectivity index (χ4n) is 0. The summed E-state index contributed by atoms with van der Waals surface area (Å²) in [4.78, 5) is 0. The summed E-state index contributed by atoms with van der Waals surface area (Å²) in [6.07, 6.45) is 0. The van der Waals surface area contributed by atoms with Gasteiger partial charge in [-0.2, -0.15) is 0 Å². The Labute approximate surface area is 648 Å². The Morgan fingerprint density at radius 3 is 0.0606 bits per heavy atom. The Balaban J connectivity index is 0. The first-order valence-electron chi connectivity index (χ1n) is 0. The molecule has 0 spiro atoms. The van der Waals surface area contributed by atoms with Crippen molar-refractivity contribution in [2.75, 3.05) is 0 Å². The van der Waals surface area contributed by atoms with E-state index in [-0.39, 0.29) is 668 Å². The van der Waals surface area contributed by atoms with Crippen LogP contribution in [0.1, 0.15) is 0 Å². The van der Waals surface area contributed by atoms with Gasteiger partial charge in [0.25, 0.3) is 0 Å². The minimum atomic E-state index is 0. The molecule has 0 unspecified atom stereocenters. The van der Waals surface area contributed by atoms with Crippen molar-refractivity contribution in [2.24, 2.45) is 0 Å². The van der Waals surface area contributed by atoms with Gasteiger partial charge in [-0.3, -0.25) is 0 Å². The van der Waals surface area contributed by atoms with E-state index in [9.17, 15) is 0 Å². The van der Waals surface area contributed by atoms with Crippen molar-refractivity contribution in [3.63, 3.8) is 0 Å². The van der Waals surface area contributed by atoms with Gasteiger partial charge in [-0.25, -0.2) is 0 Å². The van der Waals surface area contributed by atoms with Gasteiger partial charge < -0.3 is 14.9 Å². The SMILES string of the molecule is [CH3-].[CH3-].[W].[W].[W].[W].[W].[W].[W].[W].[W].[W].[W].[W].[W].[W].[W].[W].[W].[W].[W].[W].[W].[W].[W].[W].[W].[W].[W].[W].[W].[W].[W]. The third kappa shape index (κ3) is 309. The van der Waals surface area contributed by atoms with E-state index in [4.69, 9.17) is 0 Å². The number of hydrogen-bond acceptors (Lipinski definition) is 0. The molecule has 0 amide bonds. The summed E-state index contributed by atoms with van der Waals surface area (Å²) < 4.78 is 0. The van der Waals surface area contributed by atoms with Crippen LogP contribution >= 0.6 is 0 Å². The Morgan fingerprint density at radius 1 is 0.0606 bits per heavy atom. The van der Waals surface area contributed by atoms with Crippen LogP contribution in [0.25, 0.3) is 0 Å². The smallest absolute Gasteiger partial charge is 0 e. The molecule has 0 aliphatic carbocycles. The Hall–Kier alpha value is 21.3. The summed E-state index contributed by atoms with van der Waals surface area (Å²) in [7, 11) is 0. The fourth-order valence-corrected chi connectivity index (χ4v) is 0. The van der Waals surface area contributed by atoms with Gasteiger partial charge in [-0.05, 0) is 0 Å². The van der Waals surface area contributed by atoms with Gasteiger partial charge >= 0.3 is 0 Å². The maximum atomic E-state index is 0. The van der Waals surface area contributed by atoms with E-state index >= 15 is 0 Å². The van der Waals surface area contributed by atoms with Crippen molar-refractivity contribution < 1.29 is 653 Å². The standard InChI is InChI=1S/2CH3.31W/h2*1H3;;;;;;;;;;;;;;;;;;;;;;;;;;;;;;;/q2*-1;;;;;;;;;;;;;;;;;;;;;;;;;;;;;;;. The van der Waals surface area contributed by atoms with Gasteiger partial charge in [0.15, 0.2) is 0 Å². The first-order valence-corrected chi connectivity index (χ1v) is 0. The molecular weight excluding hydrogens is 5720 g/mol. The molecule has 0 aliphatic heterocycles. The van der Waals surface area contributed by atoms with Crippen molar-refractivity contribution in [1.29, 1.82) is 0 Å². The Kier molecular flexibility index (Phi) is 3300. The molecule has 0 bridgehead atoms. The van der Waals surface area contributed by atoms with Crippen molar-refractivity contribution in [3.05, 3.63) is 14.9 Å². The van der Waals surface area contributed by atoms with Crippen LogP contribution in [0.4, 0.5) is 0 Å². The van der Waals surface area contributed by atoms with E-state index in [1.54, 1.807) is 0 Å². The average molecular weight is 5730 g/mol. The van der Waals surface area contributed by atoms with Gasteiger partial charge in [-0.1, -0.05) is 0 Å². The topological polar surface area (TPSA) is 0 Å². The van der Waals surface area contributed by atoms with Crippen molar-refractivity contribution in [1.82, 2.24) is 0 Å². The monoisotopic (exact) mass is 5730 g/mol. The number of hydrogen-bond donors (Lipinski definition) is 0. The maximum absolute atomic E-state index is 0. The molecule has 31 heteroatoms. The molecule has 0 N–H and O–H groups in total. The summed E-state index contributed by atoms with van der Waals surface area (Å²) in [5.74, 6) is 0. The quantitative estimate of drug-likeness (QED) is 0.316. The largest absolute Gasteiger partial charge is 0.358 e. The molecule has 0 aliphatic rings. The second kappa shape index (κ2) is 321. The first-order chi connectivity index (χ1) is 0. The summed E-state index contributed by atoms with van der Waals surface area (Å²) in [5, 5.41) is 0. The predicted octanol–water partition coefficient (Wildman–Crippen LogP) is 0.823. The van der Waals surface area contributed by atoms with Crippen molar-refractivity contribution in [3.8, 4) is 0 Å². The maximum Gasteiger partial charge on any atom is 0 e. The normalized spacial score (nSPS) is 0. The minimum Gasteiger partial charge on any atom is -0.358 e. The van der Waals surface area contributed by atoms with Gasteiger partial charge in [0.05, 0.1) is 0 Å². The van der Waals surface area contributed by atoms with Crippen LogP contribution in [0.5, 0.6) is 0 Å². The van der Waals surface area contributed by atoms with Gasteiger partial charge in [-0.15, -0.1) is 0 Å². The summed E-state index contributed by atoms with van der Waals surface area (Å²) in [6.45, 7) is 0. The zero-order valence-electron chi connectivity index (χ0n) is 14.7. The van der Waals surface area contributed by atoms with E-state index in [2.05, 4.69) is 0 Å². The second-order valence-electron chi connectivity index (χ2n) is 0. The molecule has 0 atom stereocenters. The Bertz CT molecular complexity index is 10.9. The van der Waals surface area contributed by atoms with E-state index in [0.29, 0.717) is 0 Å². The molecule has 0 aromatic rings. The number of rotatable bonds is 0. The van der Waals surface area contributed by atoms with Crippen LogP contribution in [0.15, 0.2) is 0 Å². The van der Waals surface area contributed by atoms with E-state index in [0.717, 1.165) is 0 Å². The van der Waals surface area contributed by atoms with Crippen LogP contribution in [-0.2, 0) is 653 Å². The second-order valence-corrected chi connectivity index (χ2v) is 0. The molecule has 0 saturated heterocycles. The zero-order valence-corrected chi connectivity index (χ0v) is 106. The van der Waals surface area contributed by atoms with E-state index in [1.165, 1.54) is 0 Å². The van der Waals surface area contributed by atoms with Crippen molar-refractivity contribution in [2.45, 2.75) is 0 Å². The third-order valence-electron chi connectivity index (χ3n) is 0. The average Bonchev–Trinajstić information content (AvgIpc) is 0. The van der Waals surface area contributed by atoms with E-state index < -0.39 is 0 Å². The molecule has 202 valence electrons. The molecular formula is C2H6W31-2. The molecule has 0 saturated carbocycles. The summed E-state index contributed by atoms with van der Waals surface area (Å²) in [5.41, 5.74) is 0. The predicted molar refractivity (Wildman–Crippen MR) is 12.8 cm³/mol. The molecule has 0 nitrogen and oxygen atoms in total. The third-order valence-corrected chi connectivity index (χ3v) is 0. The van der Waals surface area contributed by atoms with E-state index in [1.807, 2.05) is 0 Å². The molecule has 0 aromatic heterocycles. The van der Waals surface area contributed by atoms with Gasteiger partial charge in [0, 0.05) is 653 Å². The van der Waals surface area contributed by atoms with Crippen LogP contribution in [-0.4, -0.2) is 0 Å². The molecule has 0 aromatic carbocycles. The van der Waals surface area contributed by atoms with Crippen LogP contribution in [0, 0.1) is 14.9 Å². The van der Waals surface area contributed by atoms with Gasteiger partial charge in [0.2, 0.25) is 0 Å². The van der Waals surface area contributed by atoms with Gasteiger partial charge in [0.1, 0.15) is 0 Å². The molecule has 0 rings (SSSR count). The van der Waals surface area contributed by atoms with Crippen molar-refractivity contribution >= 4 is 0 Å². The zero-order chi connectivity index (χ0) is 0. The summed E-state index contributed by atoms with van der Waals surface area (Å²) in [6, 6.07) is 0. The Morgan fingerprint density at radius 2 is 0.0606 bits per heavy atom. The van der Waals surface area contributed by atoms with Crippen LogP contribution < -0.4 is 0 Å². The molecule has 0 heterocycles. The molecule has 33 heavy (non-hydrogen) atoms.